The highest BCUT2D eigenvalue weighted by Crippen LogP contribution is 2.17. The molecule has 78 heavy (non-hydrogen) atoms. The molecule has 0 aromatic carbocycles. The predicted molar refractivity (Wildman–Crippen MR) is 339 cm³/mol. The molecule has 6 nitrogen and oxygen atoms in total. The lowest BCUT2D eigenvalue weighted by molar-refractivity contribution is -0.167. The Morgan fingerprint density at radius 3 is 0.769 bits per heavy atom. The molecule has 0 heterocycles. The van der Waals surface area contributed by atoms with E-state index in [0.717, 1.165) is 83.5 Å². The van der Waals surface area contributed by atoms with Gasteiger partial charge in [0.1, 0.15) is 13.2 Å². The highest BCUT2D eigenvalue weighted by molar-refractivity contribution is 5.71. The molecule has 0 spiro atoms. The second-order valence-electron chi connectivity index (χ2n) is 23.1. The van der Waals surface area contributed by atoms with Crippen LogP contribution in [0.4, 0.5) is 0 Å². The molecule has 0 rings (SSSR count). The zero-order valence-electron chi connectivity index (χ0n) is 52.2. The Hall–Kier alpha value is -2.89. The first-order valence-electron chi connectivity index (χ1n) is 34.3. The Morgan fingerprint density at radius 2 is 0.487 bits per heavy atom. The van der Waals surface area contributed by atoms with Gasteiger partial charge >= 0.3 is 17.9 Å². The maximum absolute atomic E-state index is 12.9. The van der Waals surface area contributed by atoms with Crippen LogP contribution < -0.4 is 0 Å². The fourth-order valence-electron chi connectivity index (χ4n) is 10.0. The van der Waals surface area contributed by atoms with Crippen LogP contribution in [0.3, 0.4) is 0 Å². The number of allylic oxidation sites excluding steroid dienone is 10. The normalized spacial score (nSPS) is 12.4. The predicted octanol–water partition coefficient (Wildman–Crippen LogP) is 23.5. The number of carbonyl (C=O) groups excluding carboxylic acids is 3. The molecule has 454 valence electrons. The highest BCUT2D eigenvalue weighted by atomic mass is 16.6. The molecule has 0 aromatic heterocycles. The lowest BCUT2D eigenvalue weighted by Gasteiger charge is -2.18. The second kappa shape index (κ2) is 66.6. The topological polar surface area (TPSA) is 78.9 Å². The number of ether oxygens (including phenoxy) is 3. The van der Waals surface area contributed by atoms with E-state index in [0.29, 0.717) is 19.3 Å². The molecule has 1 unspecified atom stereocenters. The fourth-order valence-corrected chi connectivity index (χ4v) is 10.0. The van der Waals surface area contributed by atoms with Crippen LogP contribution in [0.5, 0.6) is 0 Å². The smallest absolute Gasteiger partial charge is 0.306 e. The van der Waals surface area contributed by atoms with Gasteiger partial charge in [0.15, 0.2) is 6.10 Å². The molecule has 0 amide bonds. The van der Waals surface area contributed by atoms with Crippen molar-refractivity contribution in [2.75, 3.05) is 13.2 Å². The molecular weight excluding hydrogens is 961 g/mol. The van der Waals surface area contributed by atoms with Crippen LogP contribution in [0.1, 0.15) is 361 Å². The van der Waals surface area contributed by atoms with E-state index in [-0.39, 0.29) is 31.1 Å². The summed E-state index contributed by atoms with van der Waals surface area (Å²) in [4.78, 5) is 38.3. The zero-order chi connectivity index (χ0) is 56.4. The van der Waals surface area contributed by atoms with Crippen LogP contribution in [0.2, 0.25) is 0 Å². The zero-order valence-corrected chi connectivity index (χ0v) is 52.2. The van der Waals surface area contributed by atoms with Gasteiger partial charge in [0.25, 0.3) is 0 Å². The minimum absolute atomic E-state index is 0.0756. The van der Waals surface area contributed by atoms with Crippen LogP contribution >= 0.6 is 0 Å². The van der Waals surface area contributed by atoms with Crippen molar-refractivity contribution >= 4 is 17.9 Å². The summed E-state index contributed by atoms with van der Waals surface area (Å²) in [5.74, 6) is -0.872. The first kappa shape index (κ1) is 75.1. The molecule has 0 bridgehead atoms. The molecule has 1 atom stereocenters. The molecule has 0 radical (unpaired) electrons. The largest absolute Gasteiger partial charge is 0.462 e. The maximum Gasteiger partial charge on any atom is 0.306 e. The second-order valence-corrected chi connectivity index (χ2v) is 23.1. The van der Waals surface area contributed by atoms with Gasteiger partial charge in [-0.05, 0) is 103 Å². The summed E-state index contributed by atoms with van der Waals surface area (Å²) in [6.07, 6.45) is 85.4. The summed E-state index contributed by atoms with van der Waals surface area (Å²) >= 11 is 0. The quantitative estimate of drug-likeness (QED) is 0.0261. The van der Waals surface area contributed by atoms with Crippen molar-refractivity contribution in [3.63, 3.8) is 0 Å². The van der Waals surface area contributed by atoms with Crippen molar-refractivity contribution in [3.8, 4) is 0 Å². The first-order chi connectivity index (χ1) is 38.5. The van der Waals surface area contributed by atoms with Gasteiger partial charge in [0, 0.05) is 19.3 Å². The van der Waals surface area contributed by atoms with E-state index in [1.807, 2.05) is 0 Å². The van der Waals surface area contributed by atoms with Gasteiger partial charge in [-0.15, -0.1) is 0 Å². The third kappa shape index (κ3) is 63.9. The minimum atomic E-state index is -0.779. The van der Waals surface area contributed by atoms with Gasteiger partial charge in [-0.1, -0.05) is 300 Å². The molecule has 0 N–H and O–H groups in total. The van der Waals surface area contributed by atoms with Crippen molar-refractivity contribution < 1.29 is 28.6 Å². The van der Waals surface area contributed by atoms with Gasteiger partial charge in [0.2, 0.25) is 0 Å². The Kier molecular flexibility index (Phi) is 64.2. The third-order valence-corrected chi connectivity index (χ3v) is 15.2. The van der Waals surface area contributed by atoms with Crippen molar-refractivity contribution in [3.05, 3.63) is 60.8 Å². The summed E-state index contributed by atoms with van der Waals surface area (Å²) in [5, 5.41) is 0. The Balaban J connectivity index is 4.15. The highest BCUT2D eigenvalue weighted by Gasteiger charge is 2.19. The van der Waals surface area contributed by atoms with Crippen molar-refractivity contribution in [2.24, 2.45) is 0 Å². The van der Waals surface area contributed by atoms with Gasteiger partial charge in [0.05, 0.1) is 0 Å². The van der Waals surface area contributed by atoms with E-state index in [9.17, 15) is 14.4 Å². The summed E-state index contributed by atoms with van der Waals surface area (Å²) in [6, 6.07) is 0. The third-order valence-electron chi connectivity index (χ3n) is 15.2. The lowest BCUT2D eigenvalue weighted by Crippen LogP contribution is -2.30. The van der Waals surface area contributed by atoms with Gasteiger partial charge in [-0.2, -0.15) is 0 Å². The molecule has 0 aliphatic rings. The standard InChI is InChI=1S/C72H130O6/c1-4-7-10-13-16-19-22-24-26-28-30-32-33-34-35-36-37-38-39-41-42-44-46-48-50-53-56-59-62-65-71(74)77-68-69(67-76-70(73)64-61-58-55-52-21-18-15-12-9-6-3)78-72(75)66-63-60-57-54-51-49-47-45-43-40-31-29-27-25-23-20-17-14-11-8-5-2/h12,15,22-25,28-31,69H,4-11,13-14,16-21,26-27,32-68H2,1-3H3/b15-12-,24-22-,25-23-,30-28-,31-29-. The van der Waals surface area contributed by atoms with Crippen molar-refractivity contribution in [1.29, 1.82) is 0 Å². The van der Waals surface area contributed by atoms with Crippen LogP contribution in [0.15, 0.2) is 60.8 Å². The molecule has 0 saturated heterocycles. The van der Waals surface area contributed by atoms with Crippen LogP contribution in [-0.2, 0) is 28.6 Å². The van der Waals surface area contributed by atoms with Crippen LogP contribution in [0, 0.1) is 0 Å². The Labute approximate surface area is 485 Å². The Bertz CT molecular complexity index is 1390. The summed E-state index contributed by atoms with van der Waals surface area (Å²) < 4.78 is 16.9. The molecular formula is C72H130O6. The SMILES string of the molecule is CCC/C=C\CCCCCCCC(=O)OCC(COC(=O)CCCCCCCCCCCCCCCCCCC/C=C\C/C=C\CCCCCCC)OC(=O)CCCCCCCCCCC/C=C\C/C=C\CCCCCCC. The van der Waals surface area contributed by atoms with Crippen molar-refractivity contribution in [2.45, 2.75) is 367 Å². The molecule has 0 fully saturated rings. The number of hydrogen-bond donors (Lipinski definition) is 0. The molecule has 0 aliphatic carbocycles. The van der Waals surface area contributed by atoms with Gasteiger partial charge in [-0.25, -0.2) is 0 Å². The molecule has 0 saturated carbocycles. The molecule has 0 aliphatic heterocycles. The van der Waals surface area contributed by atoms with E-state index >= 15 is 0 Å². The number of esters is 3. The number of hydrogen-bond acceptors (Lipinski definition) is 6. The monoisotopic (exact) mass is 1090 g/mol. The van der Waals surface area contributed by atoms with E-state index < -0.39 is 6.10 Å². The van der Waals surface area contributed by atoms with Crippen LogP contribution in [-0.4, -0.2) is 37.2 Å². The number of unbranched alkanes of at least 4 members (excludes halogenated alkanes) is 42. The minimum Gasteiger partial charge on any atom is -0.462 e. The number of carbonyl (C=O) groups is 3. The maximum atomic E-state index is 12.9. The molecule has 0 aromatic rings. The lowest BCUT2D eigenvalue weighted by atomic mass is 10.0. The summed E-state index contributed by atoms with van der Waals surface area (Å²) in [5.41, 5.74) is 0. The van der Waals surface area contributed by atoms with E-state index in [4.69, 9.17) is 14.2 Å². The van der Waals surface area contributed by atoms with Crippen LogP contribution in [0.25, 0.3) is 0 Å². The molecule has 6 heteroatoms. The Morgan fingerprint density at radius 1 is 0.256 bits per heavy atom. The number of rotatable bonds is 63. The van der Waals surface area contributed by atoms with E-state index in [2.05, 4.69) is 81.5 Å². The summed E-state index contributed by atoms with van der Waals surface area (Å²) in [6.45, 7) is 6.59. The van der Waals surface area contributed by atoms with E-state index in [1.54, 1.807) is 0 Å². The van der Waals surface area contributed by atoms with Gasteiger partial charge in [-0.3, -0.25) is 14.4 Å². The van der Waals surface area contributed by atoms with E-state index in [1.165, 1.54) is 238 Å². The first-order valence-corrected chi connectivity index (χ1v) is 34.3. The fraction of sp³-hybridized carbons (Fsp3) is 0.819. The average molecular weight is 1090 g/mol. The summed E-state index contributed by atoms with van der Waals surface area (Å²) in [7, 11) is 0. The van der Waals surface area contributed by atoms with Gasteiger partial charge < -0.3 is 14.2 Å². The van der Waals surface area contributed by atoms with Crippen molar-refractivity contribution in [1.82, 2.24) is 0 Å². The average Bonchev–Trinajstić information content (AvgIpc) is 3.44.